The summed E-state index contributed by atoms with van der Waals surface area (Å²) in [6, 6.07) is 8.70. The van der Waals surface area contributed by atoms with Crippen molar-refractivity contribution in [2.75, 3.05) is 13.1 Å². The number of hydrogen-bond donors (Lipinski definition) is 0. The minimum absolute atomic E-state index is 0.0853. The number of piperidine rings is 1. The molecule has 1 amide bonds. The van der Waals surface area contributed by atoms with E-state index in [0.29, 0.717) is 11.5 Å². The highest BCUT2D eigenvalue weighted by atomic mass is 16.2. The molecule has 1 aromatic heterocycles. The summed E-state index contributed by atoms with van der Waals surface area (Å²) in [5.74, 6) is 0.554. The zero-order valence-corrected chi connectivity index (χ0v) is 17.4. The molecular weight excluding hydrogens is 366 g/mol. The van der Waals surface area contributed by atoms with E-state index in [4.69, 9.17) is 0 Å². The molecule has 0 spiro atoms. The standard InChI is InChI=1S/C23H29N3O3/c1-17-4-6-18(7-5-17)8-9-19-12-14-26(15-13-19)21(27)11-10-20-16-24(2)23(29)25(3)22(20)28/h4-7,10-11,16,19H,8-9,12-15H2,1-3H3/b11-10+. The van der Waals surface area contributed by atoms with Crippen molar-refractivity contribution in [3.8, 4) is 0 Å². The lowest BCUT2D eigenvalue weighted by Gasteiger charge is -2.31. The van der Waals surface area contributed by atoms with Crippen molar-refractivity contribution in [3.63, 3.8) is 0 Å². The van der Waals surface area contributed by atoms with Crippen LogP contribution in [0.3, 0.4) is 0 Å². The van der Waals surface area contributed by atoms with E-state index in [2.05, 4.69) is 31.2 Å². The second kappa shape index (κ2) is 9.07. The Morgan fingerprint density at radius 1 is 1.10 bits per heavy atom. The largest absolute Gasteiger partial charge is 0.339 e. The molecule has 0 bridgehead atoms. The van der Waals surface area contributed by atoms with Gasteiger partial charge in [0.05, 0.1) is 5.56 Å². The van der Waals surface area contributed by atoms with Crippen molar-refractivity contribution in [2.24, 2.45) is 20.0 Å². The first-order chi connectivity index (χ1) is 13.8. The monoisotopic (exact) mass is 395 g/mol. The van der Waals surface area contributed by atoms with Crippen LogP contribution in [0.2, 0.25) is 0 Å². The van der Waals surface area contributed by atoms with Gasteiger partial charge in [-0.1, -0.05) is 29.8 Å². The van der Waals surface area contributed by atoms with Crippen LogP contribution in [0.1, 0.15) is 36.0 Å². The number of carbonyl (C=O) groups is 1. The Bertz CT molecular complexity index is 1010. The molecule has 0 aliphatic carbocycles. The summed E-state index contributed by atoms with van der Waals surface area (Å²) in [5, 5.41) is 0. The first-order valence-electron chi connectivity index (χ1n) is 10.1. The van der Waals surface area contributed by atoms with E-state index in [-0.39, 0.29) is 11.6 Å². The average Bonchev–Trinajstić information content (AvgIpc) is 2.73. The molecule has 0 atom stereocenters. The number of nitrogens with zero attached hydrogens (tertiary/aromatic N) is 3. The van der Waals surface area contributed by atoms with Gasteiger partial charge in [0.15, 0.2) is 0 Å². The Balaban J connectivity index is 1.52. The summed E-state index contributed by atoms with van der Waals surface area (Å²) < 4.78 is 2.38. The van der Waals surface area contributed by atoms with E-state index in [1.807, 2.05) is 4.90 Å². The lowest BCUT2D eigenvalue weighted by atomic mass is 9.90. The van der Waals surface area contributed by atoms with Gasteiger partial charge < -0.3 is 9.47 Å². The van der Waals surface area contributed by atoms with E-state index in [1.54, 1.807) is 7.05 Å². The van der Waals surface area contributed by atoms with Gasteiger partial charge in [0.2, 0.25) is 5.91 Å². The first-order valence-corrected chi connectivity index (χ1v) is 10.1. The predicted molar refractivity (Wildman–Crippen MR) is 115 cm³/mol. The van der Waals surface area contributed by atoms with E-state index >= 15 is 0 Å². The SMILES string of the molecule is Cc1ccc(CCC2CCN(C(=O)/C=C/c3cn(C)c(=O)n(C)c3=O)CC2)cc1. The third kappa shape index (κ3) is 5.13. The Morgan fingerprint density at radius 3 is 2.41 bits per heavy atom. The normalized spacial score (nSPS) is 15.2. The van der Waals surface area contributed by atoms with Crippen LogP contribution in [0.15, 0.2) is 46.1 Å². The molecule has 0 unspecified atom stereocenters. The highest BCUT2D eigenvalue weighted by Crippen LogP contribution is 2.23. The van der Waals surface area contributed by atoms with Crippen LogP contribution < -0.4 is 11.2 Å². The number of amides is 1. The molecule has 3 rings (SSSR count). The molecule has 1 aliphatic heterocycles. The quantitative estimate of drug-likeness (QED) is 0.730. The molecule has 0 saturated carbocycles. The number of aryl methyl sites for hydroxylation is 3. The topological polar surface area (TPSA) is 64.3 Å². The minimum Gasteiger partial charge on any atom is -0.339 e. The zero-order chi connectivity index (χ0) is 21.0. The molecule has 29 heavy (non-hydrogen) atoms. The van der Waals surface area contributed by atoms with Crippen LogP contribution in [0.5, 0.6) is 0 Å². The summed E-state index contributed by atoms with van der Waals surface area (Å²) in [6.45, 7) is 3.59. The maximum absolute atomic E-state index is 12.5. The summed E-state index contributed by atoms with van der Waals surface area (Å²) in [6.07, 6.45) is 8.65. The molecule has 2 aromatic rings. The lowest BCUT2D eigenvalue weighted by Crippen LogP contribution is -2.38. The number of rotatable bonds is 5. The molecule has 6 nitrogen and oxygen atoms in total. The maximum Gasteiger partial charge on any atom is 0.330 e. The smallest absolute Gasteiger partial charge is 0.330 e. The third-order valence-corrected chi connectivity index (χ3v) is 5.77. The molecule has 2 heterocycles. The van der Waals surface area contributed by atoms with Crippen molar-refractivity contribution >= 4 is 12.0 Å². The number of carbonyl (C=O) groups excluding carboxylic acids is 1. The Labute approximate surface area is 171 Å². The number of hydrogen-bond acceptors (Lipinski definition) is 3. The number of aromatic nitrogens is 2. The van der Waals surface area contributed by atoms with E-state index in [0.717, 1.165) is 43.3 Å². The molecule has 1 saturated heterocycles. The summed E-state index contributed by atoms with van der Waals surface area (Å²) in [7, 11) is 3.02. The number of benzene rings is 1. The Hall–Kier alpha value is -2.89. The van der Waals surface area contributed by atoms with Gasteiger partial charge in [-0.05, 0) is 50.2 Å². The molecule has 0 radical (unpaired) electrons. The van der Waals surface area contributed by atoms with Gasteiger partial charge in [0.25, 0.3) is 5.56 Å². The van der Waals surface area contributed by atoms with Gasteiger partial charge in [-0.25, -0.2) is 4.79 Å². The summed E-state index contributed by atoms with van der Waals surface area (Å²) in [4.78, 5) is 38.2. The molecule has 1 aliphatic rings. The van der Waals surface area contributed by atoms with Gasteiger partial charge >= 0.3 is 5.69 Å². The average molecular weight is 396 g/mol. The van der Waals surface area contributed by atoms with Crippen molar-refractivity contribution in [1.82, 2.24) is 14.0 Å². The van der Waals surface area contributed by atoms with Crippen molar-refractivity contribution in [2.45, 2.75) is 32.6 Å². The van der Waals surface area contributed by atoms with E-state index < -0.39 is 5.56 Å². The van der Waals surface area contributed by atoms with Crippen molar-refractivity contribution in [3.05, 3.63) is 74.1 Å². The molecule has 154 valence electrons. The Kier molecular flexibility index (Phi) is 6.52. The summed E-state index contributed by atoms with van der Waals surface area (Å²) in [5.41, 5.74) is 2.20. The van der Waals surface area contributed by atoms with E-state index in [1.165, 1.54) is 41.1 Å². The van der Waals surface area contributed by atoms with Gasteiger partial charge in [-0.2, -0.15) is 0 Å². The zero-order valence-electron chi connectivity index (χ0n) is 17.4. The predicted octanol–water partition coefficient (Wildman–Crippen LogP) is 2.28. The van der Waals surface area contributed by atoms with Crippen LogP contribution in [0.25, 0.3) is 6.08 Å². The van der Waals surface area contributed by atoms with E-state index in [9.17, 15) is 14.4 Å². The summed E-state index contributed by atoms with van der Waals surface area (Å²) >= 11 is 0. The molecule has 0 N–H and O–H groups in total. The second-order valence-electron chi connectivity index (χ2n) is 7.97. The van der Waals surface area contributed by atoms with Crippen LogP contribution >= 0.6 is 0 Å². The molecule has 1 fully saturated rings. The number of likely N-dealkylation sites (tertiary alicyclic amines) is 1. The fourth-order valence-corrected chi connectivity index (χ4v) is 3.78. The fraction of sp³-hybridized carbons (Fsp3) is 0.435. The van der Waals surface area contributed by atoms with Crippen molar-refractivity contribution < 1.29 is 4.79 Å². The van der Waals surface area contributed by atoms with Gasteiger partial charge in [0, 0.05) is 39.5 Å². The maximum atomic E-state index is 12.5. The molecule has 6 heteroatoms. The minimum atomic E-state index is -0.396. The fourth-order valence-electron chi connectivity index (χ4n) is 3.78. The van der Waals surface area contributed by atoms with Gasteiger partial charge in [0.1, 0.15) is 0 Å². The van der Waals surface area contributed by atoms with Crippen LogP contribution in [0.4, 0.5) is 0 Å². The molecular formula is C23H29N3O3. The van der Waals surface area contributed by atoms with Crippen LogP contribution in [-0.4, -0.2) is 33.0 Å². The highest BCUT2D eigenvalue weighted by molar-refractivity contribution is 5.91. The van der Waals surface area contributed by atoms with Crippen LogP contribution in [-0.2, 0) is 25.3 Å². The van der Waals surface area contributed by atoms with Gasteiger partial charge in [-0.3, -0.25) is 14.2 Å². The Morgan fingerprint density at radius 2 is 1.76 bits per heavy atom. The lowest BCUT2D eigenvalue weighted by molar-refractivity contribution is -0.127. The highest BCUT2D eigenvalue weighted by Gasteiger charge is 2.21. The first kappa shape index (κ1) is 20.8. The molecule has 1 aromatic carbocycles. The third-order valence-electron chi connectivity index (χ3n) is 5.77. The second-order valence-corrected chi connectivity index (χ2v) is 7.97. The van der Waals surface area contributed by atoms with Gasteiger partial charge in [-0.15, -0.1) is 0 Å². The van der Waals surface area contributed by atoms with Crippen LogP contribution in [0, 0.1) is 12.8 Å². The van der Waals surface area contributed by atoms with Crippen molar-refractivity contribution in [1.29, 1.82) is 0 Å².